The lowest BCUT2D eigenvalue weighted by molar-refractivity contribution is 0.0698. The summed E-state index contributed by atoms with van der Waals surface area (Å²) < 4.78 is 10.3. The van der Waals surface area contributed by atoms with E-state index in [1.165, 1.54) is 26.5 Å². The van der Waals surface area contributed by atoms with Crippen LogP contribution in [-0.4, -0.2) is 30.3 Å². The maximum atomic E-state index is 11.1. The van der Waals surface area contributed by atoms with Crippen LogP contribution in [0.4, 0.5) is 17.2 Å². The molecule has 0 saturated carbocycles. The molecule has 1 aromatic carbocycles. The second-order valence-corrected chi connectivity index (χ2v) is 4.15. The highest BCUT2D eigenvalue weighted by atomic mass is 16.5. The molecule has 0 fully saturated rings. The van der Waals surface area contributed by atoms with Gasteiger partial charge in [0.15, 0.2) is 5.82 Å². The number of anilines is 3. The van der Waals surface area contributed by atoms with Crippen LogP contribution >= 0.6 is 0 Å². The quantitative estimate of drug-likeness (QED) is 0.773. The van der Waals surface area contributed by atoms with Crippen molar-refractivity contribution in [3.05, 3.63) is 36.0 Å². The smallest absolute Gasteiger partial charge is 0.337 e. The van der Waals surface area contributed by atoms with Gasteiger partial charge in [-0.3, -0.25) is 0 Å². The Morgan fingerprint density at radius 3 is 2.38 bits per heavy atom. The average molecular weight is 289 g/mol. The molecule has 0 radical (unpaired) electrons. The van der Waals surface area contributed by atoms with Gasteiger partial charge in [-0.1, -0.05) is 0 Å². The summed E-state index contributed by atoms with van der Waals surface area (Å²) in [5, 5.41) is 12.0. The van der Waals surface area contributed by atoms with Gasteiger partial charge in [0.25, 0.3) is 0 Å². The minimum absolute atomic E-state index is 0.0117. The molecule has 0 unspecified atom stereocenters. The number of nitrogen functional groups attached to an aromatic ring is 1. The van der Waals surface area contributed by atoms with Crippen LogP contribution < -0.4 is 20.5 Å². The summed E-state index contributed by atoms with van der Waals surface area (Å²) in [7, 11) is 3.08. The summed E-state index contributed by atoms with van der Waals surface area (Å²) in [5.41, 5.74) is 6.47. The Morgan fingerprint density at radius 2 is 1.86 bits per heavy atom. The minimum atomic E-state index is -1.11. The predicted octanol–water partition coefficient (Wildman–Crippen LogP) is 2.12. The van der Waals surface area contributed by atoms with Crippen molar-refractivity contribution in [1.82, 2.24) is 4.98 Å². The number of nitrogens with one attached hydrogen (secondary N) is 1. The maximum absolute atomic E-state index is 11.1. The third-order valence-electron chi connectivity index (χ3n) is 2.83. The van der Waals surface area contributed by atoms with Crippen molar-refractivity contribution in [1.29, 1.82) is 0 Å². The van der Waals surface area contributed by atoms with Crippen LogP contribution in [0.2, 0.25) is 0 Å². The first-order chi connectivity index (χ1) is 10.0. The van der Waals surface area contributed by atoms with Crippen molar-refractivity contribution in [3.8, 4) is 11.5 Å². The number of hydrogen-bond acceptors (Lipinski definition) is 6. The second kappa shape index (κ2) is 6.00. The zero-order valence-corrected chi connectivity index (χ0v) is 11.6. The van der Waals surface area contributed by atoms with Gasteiger partial charge in [0, 0.05) is 30.1 Å². The number of carbonyl (C=O) groups is 1. The summed E-state index contributed by atoms with van der Waals surface area (Å²) in [4.78, 5) is 15.1. The van der Waals surface area contributed by atoms with Crippen LogP contribution in [-0.2, 0) is 0 Å². The van der Waals surface area contributed by atoms with E-state index in [0.29, 0.717) is 17.2 Å². The van der Waals surface area contributed by atoms with E-state index in [0.717, 1.165) is 0 Å². The van der Waals surface area contributed by atoms with Gasteiger partial charge in [-0.05, 0) is 6.07 Å². The molecule has 0 aliphatic heterocycles. The summed E-state index contributed by atoms with van der Waals surface area (Å²) >= 11 is 0. The van der Waals surface area contributed by atoms with Gasteiger partial charge in [-0.25, -0.2) is 9.78 Å². The highest BCUT2D eigenvalue weighted by molar-refractivity contribution is 5.96. The number of aromatic nitrogens is 1. The number of nitrogens with zero attached hydrogens (tertiary/aromatic N) is 1. The molecule has 0 atom stereocenters. The predicted molar refractivity (Wildman–Crippen MR) is 78.4 cm³/mol. The summed E-state index contributed by atoms with van der Waals surface area (Å²) in [6, 6.07) is 6.50. The van der Waals surface area contributed by atoms with Crippen LogP contribution in [0.1, 0.15) is 10.4 Å². The Labute approximate surface area is 121 Å². The first kappa shape index (κ1) is 14.4. The lowest BCUT2D eigenvalue weighted by Gasteiger charge is -2.12. The largest absolute Gasteiger partial charge is 0.497 e. The number of methoxy groups -OCH3 is 2. The molecule has 0 aliphatic carbocycles. The van der Waals surface area contributed by atoms with Crippen molar-refractivity contribution < 1.29 is 19.4 Å². The van der Waals surface area contributed by atoms with E-state index in [4.69, 9.17) is 20.3 Å². The van der Waals surface area contributed by atoms with Gasteiger partial charge in [0.2, 0.25) is 0 Å². The monoisotopic (exact) mass is 289 g/mol. The van der Waals surface area contributed by atoms with Gasteiger partial charge in [0.1, 0.15) is 11.5 Å². The molecule has 1 aromatic heterocycles. The Morgan fingerprint density at radius 1 is 1.24 bits per heavy atom. The van der Waals surface area contributed by atoms with Crippen molar-refractivity contribution in [3.63, 3.8) is 0 Å². The fourth-order valence-electron chi connectivity index (χ4n) is 1.78. The normalized spacial score (nSPS) is 10.0. The minimum Gasteiger partial charge on any atom is -0.497 e. The van der Waals surface area contributed by atoms with E-state index >= 15 is 0 Å². The molecule has 4 N–H and O–H groups in total. The first-order valence-corrected chi connectivity index (χ1v) is 6.03. The number of nitrogens with two attached hydrogens (primary N) is 1. The molecule has 21 heavy (non-hydrogen) atoms. The Hall–Kier alpha value is -2.96. The molecule has 0 bridgehead atoms. The molecule has 2 rings (SSSR count). The van der Waals surface area contributed by atoms with Gasteiger partial charge in [0.05, 0.1) is 25.5 Å². The van der Waals surface area contributed by atoms with Crippen molar-refractivity contribution >= 4 is 23.2 Å². The number of pyridine rings is 1. The maximum Gasteiger partial charge on any atom is 0.337 e. The Bertz CT molecular complexity index is 651. The molecular formula is C14H15N3O4. The molecule has 0 amide bonds. The standard InChI is InChI=1S/C14H15N3O4/c1-20-9-5-8(6-10(7-9)21-2)17-13-12(15)11(14(18)19)3-4-16-13/h3-7H,15H2,1-2H3,(H,16,17)(H,18,19). The zero-order valence-electron chi connectivity index (χ0n) is 11.6. The molecule has 7 nitrogen and oxygen atoms in total. The second-order valence-electron chi connectivity index (χ2n) is 4.15. The van der Waals surface area contributed by atoms with E-state index in [9.17, 15) is 4.79 Å². The van der Waals surface area contributed by atoms with E-state index < -0.39 is 5.97 Å². The molecule has 0 spiro atoms. The van der Waals surface area contributed by atoms with Gasteiger partial charge < -0.3 is 25.6 Å². The zero-order chi connectivity index (χ0) is 15.4. The molecule has 2 aromatic rings. The topological polar surface area (TPSA) is 107 Å². The third kappa shape index (κ3) is 3.14. The van der Waals surface area contributed by atoms with E-state index in [2.05, 4.69) is 10.3 Å². The number of hydrogen-bond donors (Lipinski definition) is 3. The van der Waals surface area contributed by atoms with Crippen molar-refractivity contribution in [2.45, 2.75) is 0 Å². The molecule has 7 heteroatoms. The van der Waals surface area contributed by atoms with E-state index in [-0.39, 0.29) is 17.1 Å². The number of aromatic carboxylic acids is 1. The molecule has 0 aliphatic rings. The van der Waals surface area contributed by atoms with Crippen molar-refractivity contribution in [2.24, 2.45) is 0 Å². The molecule has 0 saturated heterocycles. The van der Waals surface area contributed by atoms with Gasteiger partial charge >= 0.3 is 5.97 Å². The number of ether oxygens (including phenoxy) is 2. The van der Waals surface area contributed by atoms with E-state index in [1.807, 2.05) is 0 Å². The summed E-state index contributed by atoms with van der Waals surface area (Å²) in [6.07, 6.45) is 1.37. The van der Waals surface area contributed by atoms with Gasteiger partial charge in [-0.2, -0.15) is 0 Å². The third-order valence-corrected chi connectivity index (χ3v) is 2.83. The van der Waals surface area contributed by atoms with Gasteiger partial charge in [-0.15, -0.1) is 0 Å². The van der Waals surface area contributed by atoms with Crippen LogP contribution in [0.25, 0.3) is 0 Å². The van der Waals surface area contributed by atoms with E-state index in [1.54, 1.807) is 18.2 Å². The van der Waals surface area contributed by atoms with Crippen LogP contribution in [0, 0.1) is 0 Å². The summed E-state index contributed by atoms with van der Waals surface area (Å²) in [5.74, 6) is 0.320. The Balaban J connectivity index is 2.38. The van der Waals surface area contributed by atoms with Crippen LogP contribution in [0.3, 0.4) is 0 Å². The molecular weight excluding hydrogens is 274 g/mol. The lowest BCUT2D eigenvalue weighted by Crippen LogP contribution is -2.07. The number of rotatable bonds is 5. The highest BCUT2D eigenvalue weighted by Crippen LogP contribution is 2.30. The number of benzene rings is 1. The lowest BCUT2D eigenvalue weighted by atomic mass is 10.2. The van der Waals surface area contributed by atoms with Crippen LogP contribution in [0.5, 0.6) is 11.5 Å². The summed E-state index contributed by atoms with van der Waals surface area (Å²) in [6.45, 7) is 0. The number of carboxylic acid groups (broad SMARTS) is 1. The fourth-order valence-corrected chi connectivity index (χ4v) is 1.78. The first-order valence-electron chi connectivity index (χ1n) is 6.03. The Kier molecular flexibility index (Phi) is 4.13. The number of carboxylic acids is 1. The highest BCUT2D eigenvalue weighted by Gasteiger charge is 2.13. The molecule has 1 heterocycles. The fraction of sp³-hybridized carbons (Fsp3) is 0.143. The SMILES string of the molecule is COc1cc(Nc2nccc(C(=O)O)c2N)cc(OC)c1. The van der Waals surface area contributed by atoms with Crippen LogP contribution in [0.15, 0.2) is 30.5 Å². The average Bonchev–Trinajstić information content (AvgIpc) is 2.48. The molecule has 110 valence electrons. The van der Waals surface area contributed by atoms with Crippen molar-refractivity contribution in [2.75, 3.05) is 25.3 Å².